The second kappa shape index (κ2) is 9.03. The molecule has 27 heavy (non-hydrogen) atoms. The van der Waals surface area contributed by atoms with Crippen molar-refractivity contribution in [3.8, 4) is 0 Å². The van der Waals surface area contributed by atoms with Crippen molar-refractivity contribution in [2.75, 3.05) is 19.6 Å². The van der Waals surface area contributed by atoms with Crippen molar-refractivity contribution < 1.29 is 4.39 Å². The number of aromatic nitrogens is 4. The minimum absolute atomic E-state index is 0. The topological polar surface area (TPSA) is 58.9 Å². The zero-order chi connectivity index (χ0) is 17.8. The van der Waals surface area contributed by atoms with Gasteiger partial charge in [0.2, 0.25) is 0 Å². The van der Waals surface area contributed by atoms with Crippen LogP contribution in [-0.2, 0) is 13.1 Å². The second-order valence-corrected chi connectivity index (χ2v) is 6.51. The molecule has 1 N–H and O–H groups in total. The number of nitrogens with one attached hydrogen (secondary N) is 1. The molecular formula is C19H22ClFN6. The Bertz CT molecular complexity index is 856. The quantitative estimate of drug-likeness (QED) is 0.727. The maximum Gasteiger partial charge on any atom is 0.123 e. The maximum atomic E-state index is 13.6. The average Bonchev–Trinajstić information content (AvgIpc) is 3.10. The molecule has 0 saturated carbocycles. The van der Waals surface area contributed by atoms with Gasteiger partial charge in [0.25, 0.3) is 0 Å². The van der Waals surface area contributed by atoms with Crippen molar-refractivity contribution in [1.29, 1.82) is 0 Å². The van der Waals surface area contributed by atoms with Gasteiger partial charge in [0.05, 0.1) is 18.4 Å². The summed E-state index contributed by atoms with van der Waals surface area (Å²) in [6.07, 6.45) is 5.56. The molecule has 0 aliphatic carbocycles. The first-order valence-corrected chi connectivity index (χ1v) is 8.76. The summed E-state index contributed by atoms with van der Waals surface area (Å²) >= 11 is 0. The highest BCUT2D eigenvalue weighted by Crippen LogP contribution is 2.24. The van der Waals surface area contributed by atoms with Crippen LogP contribution in [0.25, 0.3) is 0 Å². The first-order chi connectivity index (χ1) is 12.8. The van der Waals surface area contributed by atoms with Crippen molar-refractivity contribution >= 4 is 12.4 Å². The van der Waals surface area contributed by atoms with E-state index < -0.39 is 0 Å². The average molecular weight is 389 g/mol. The Morgan fingerprint density at radius 3 is 2.93 bits per heavy atom. The van der Waals surface area contributed by atoms with Crippen LogP contribution in [0.15, 0.2) is 55.0 Å². The molecule has 142 valence electrons. The SMILES string of the molecule is Cl.Fc1cccc(C2CNCCN2Cc2cn(Cc3cccnc3)nn2)c1. The van der Waals surface area contributed by atoms with Gasteiger partial charge in [-0.25, -0.2) is 9.07 Å². The molecule has 1 aliphatic rings. The largest absolute Gasteiger partial charge is 0.314 e. The van der Waals surface area contributed by atoms with Gasteiger partial charge in [-0.05, 0) is 29.3 Å². The minimum Gasteiger partial charge on any atom is -0.314 e. The number of hydrogen-bond acceptors (Lipinski definition) is 5. The second-order valence-electron chi connectivity index (χ2n) is 6.51. The molecule has 6 nitrogen and oxygen atoms in total. The van der Waals surface area contributed by atoms with Crippen LogP contribution in [0.3, 0.4) is 0 Å². The number of rotatable bonds is 5. The van der Waals surface area contributed by atoms with Gasteiger partial charge in [0.1, 0.15) is 5.82 Å². The van der Waals surface area contributed by atoms with Crippen molar-refractivity contribution in [3.63, 3.8) is 0 Å². The third-order valence-electron chi connectivity index (χ3n) is 4.61. The van der Waals surface area contributed by atoms with E-state index in [1.807, 2.05) is 35.3 Å². The summed E-state index contributed by atoms with van der Waals surface area (Å²) in [4.78, 5) is 6.45. The van der Waals surface area contributed by atoms with E-state index in [0.29, 0.717) is 13.1 Å². The molecule has 0 bridgehead atoms. The van der Waals surface area contributed by atoms with Gasteiger partial charge >= 0.3 is 0 Å². The lowest BCUT2D eigenvalue weighted by Crippen LogP contribution is -2.45. The normalized spacial score (nSPS) is 17.4. The number of benzene rings is 1. The van der Waals surface area contributed by atoms with E-state index in [9.17, 15) is 4.39 Å². The third kappa shape index (κ3) is 4.88. The molecule has 1 aromatic carbocycles. The Morgan fingerprint density at radius 2 is 2.11 bits per heavy atom. The van der Waals surface area contributed by atoms with Gasteiger partial charge in [0.15, 0.2) is 0 Å². The van der Waals surface area contributed by atoms with Gasteiger partial charge in [-0.15, -0.1) is 17.5 Å². The Hall–Kier alpha value is -2.35. The molecule has 4 rings (SSSR count). The summed E-state index contributed by atoms with van der Waals surface area (Å²) in [5.74, 6) is -0.199. The molecular weight excluding hydrogens is 367 g/mol. The van der Waals surface area contributed by atoms with Crippen LogP contribution in [0.5, 0.6) is 0 Å². The van der Waals surface area contributed by atoms with Crippen LogP contribution in [0, 0.1) is 5.82 Å². The van der Waals surface area contributed by atoms with E-state index in [-0.39, 0.29) is 24.3 Å². The van der Waals surface area contributed by atoms with Crippen LogP contribution in [0.1, 0.15) is 22.9 Å². The highest BCUT2D eigenvalue weighted by molar-refractivity contribution is 5.85. The summed E-state index contributed by atoms with van der Waals surface area (Å²) in [5, 5.41) is 11.9. The van der Waals surface area contributed by atoms with Crippen molar-refractivity contribution in [2.45, 2.75) is 19.1 Å². The smallest absolute Gasteiger partial charge is 0.123 e. The highest BCUT2D eigenvalue weighted by atomic mass is 35.5. The van der Waals surface area contributed by atoms with E-state index in [2.05, 4.69) is 25.5 Å². The van der Waals surface area contributed by atoms with E-state index in [1.54, 1.807) is 18.3 Å². The van der Waals surface area contributed by atoms with Gasteiger partial charge in [-0.1, -0.05) is 23.4 Å². The lowest BCUT2D eigenvalue weighted by Gasteiger charge is -2.36. The van der Waals surface area contributed by atoms with Crippen LogP contribution in [0.2, 0.25) is 0 Å². The van der Waals surface area contributed by atoms with Gasteiger partial charge < -0.3 is 5.32 Å². The summed E-state index contributed by atoms with van der Waals surface area (Å²) in [7, 11) is 0. The minimum atomic E-state index is -0.199. The van der Waals surface area contributed by atoms with Crippen molar-refractivity contribution in [1.82, 2.24) is 30.2 Å². The monoisotopic (exact) mass is 388 g/mol. The molecule has 1 atom stereocenters. The molecule has 8 heteroatoms. The van der Waals surface area contributed by atoms with Gasteiger partial charge in [0, 0.05) is 44.6 Å². The van der Waals surface area contributed by atoms with Crippen molar-refractivity contribution in [3.05, 3.63) is 77.6 Å². The molecule has 3 aromatic rings. The Kier molecular flexibility index (Phi) is 6.49. The van der Waals surface area contributed by atoms with Crippen LogP contribution in [-0.4, -0.2) is 44.5 Å². The number of piperazine rings is 1. The lowest BCUT2D eigenvalue weighted by atomic mass is 10.0. The van der Waals surface area contributed by atoms with Crippen LogP contribution < -0.4 is 5.32 Å². The molecule has 3 heterocycles. The number of halogens is 2. The zero-order valence-corrected chi connectivity index (χ0v) is 15.6. The maximum absolute atomic E-state index is 13.6. The first kappa shape index (κ1) is 19.4. The Labute approximate surface area is 163 Å². The third-order valence-corrected chi connectivity index (χ3v) is 4.61. The zero-order valence-electron chi connectivity index (χ0n) is 14.8. The van der Waals surface area contributed by atoms with E-state index in [0.717, 1.165) is 36.5 Å². The number of hydrogen-bond donors (Lipinski definition) is 1. The molecule has 1 fully saturated rings. The molecule has 1 unspecified atom stereocenters. The predicted molar refractivity (Wildman–Crippen MR) is 103 cm³/mol. The molecule has 0 radical (unpaired) electrons. The Morgan fingerprint density at radius 1 is 1.19 bits per heavy atom. The van der Waals surface area contributed by atoms with Crippen molar-refractivity contribution in [2.24, 2.45) is 0 Å². The highest BCUT2D eigenvalue weighted by Gasteiger charge is 2.24. The molecule has 1 aliphatic heterocycles. The van der Waals surface area contributed by atoms with E-state index in [4.69, 9.17) is 0 Å². The predicted octanol–water partition coefficient (Wildman–Crippen LogP) is 2.43. The number of nitrogens with zero attached hydrogens (tertiary/aromatic N) is 5. The van der Waals surface area contributed by atoms with Crippen LogP contribution >= 0.6 is 12.4 Å². The molecule has 0 amide bonds. The summed E-state index contributed by atoms with van der Waals surface area (Å²) in [5.41, 5.74) is 2.99. The first-order valence-electron chi connectivity index (χ1n) is 8.76. The van der Waals surface area contributed by atoms with Crippen LogP contribution in [0.4, 0.5) is 4.39 Å². The fraction of sp³-hybridized carbons (Fsp3) is 0.316. The fourth-order valence-corrected chi connectivity index (χ4v) is 3.35. The fourth-order valence-electron chi connectivity index (χ4n) is 3.35. The molecule has 2 aromatic heterocycles. The molecule has 1 saturated heterocycles. The van der Waals surface area contributed by atoms with E-state index >= 15 is 0 Å². The standard InChI is InChI=1S/C19H21FN6.ClH/c20-17-5-1-4-16(9-17)19-11-22-7-8-25(19)13-18-14-26(24-23-18)12-15-3-2-6-21-10-15;/h1-6,9-10,14,19,22H,7-8,11-13H2;1H. The Balaban J connectivity index is 0.00000210. The summed E-state index contributed by atoms with van der Waals surface area (Å²) in [6.45, 7) is 3.94. The number of pyridine rings is 1. The van der Waals surface area contributed by atoms with Gasteiger partial charge in [-0.2, -0.15) is 0 Å². The van der Waals surface area contributed by atoms with E-state index in [1.165, 1.54) is 6.07 Å². The van der Waals surface area contributed by atoms with Gasteiger partial charge in [-0.3, -0.25) is 9.88 Å². The summed E-state index contributed by atoms with van der Waals surface area (Å²) < 4.78 is 15.4. The molecule has 0 spiro atoms. The summed E-state index contributed by atoms with van der Waals surface area (Å²) in [6, 6.07) is 10.9. The lowest BCUT2D eigenvalue weighted by molar-refractivity contribution is 0.151.